The number of hydrogen-bond acceptors (Lipinski definition) is 5. The van der Waals surface area contributed by atoms with Crippen LogP contribution >= 0.6 is 0 Å². The van der Waals surface area contributed by atoms with Crippen molar-refractivity contribution < 1.29 is 14.3 Å². The average molecular weight is 307 g/mol. The summed E-state index contributed by atoms with van der Waals surface area (Å²) in [5.41, 5.74) is 0.502. The van der Waals surface area contributed by atoms with Crippen molar-refractivity contribution in [1.29, 1.82) is 0 Å². The Morgan fingerprint density at radius 1 is 1.27 bits per heavy atom. The first-order valence-corrected chi connectivity index (χ1v) is 8.15. The van der Waals surface area contributed by atoms with Crippen LogP contribution in [-0.2, 0) is 4.79 Å². The van der Waals surface area contributed by atoms with Crippen molar-refractivity contribution in [2.75, 3.05) is 18.5 Å². The van der Waals surface area contributed by atoms with Gasteiger partial charge in [-0.1, -0.05) is 25.7 Å². The summed E-state index contributed by atoms with van der Waals surface area (Å²) in [4.78, 5) is 20.3. The van der Waals surface area contributed by atoms with Gasteiger partial charge in [0.1, 0.15) is 5.69 Å². The zero-order valence-corrected chi connectivity index (χ0v) is 13.4. The van der Waals surface area contributed by atoms with E-state index < -0.39 is 0 Å². The van der Waals surface area contributed by atoms with Crippen LogP contribution < -0.4 is 14.8 Å². The Bertz CT molecular complexity index is 488. The molecule has 1 heterocycles. The van der Waals surface area contributed by atoms with Crippen LogP contribution in [0.15, 0.2) is 6.20 Å². The Kier molecular flexibility index (Phi) is 6.43. The zero-order valence-electron chi connectivity index (χ0n) is 13.4. The first kappa shape index (κ1) is 16.5. The van der Waals surface area contributed by atoms with Gasteiger partial charge in [-0.3, -0.25) is 4.79 Å². The van der Waals surface area contributed by atoms with E-state index in [-0.39, 0.29) is 11.9 Å². The van der Waals surface area contributed by atoms with Crippen molar-refractivity contribution in [3.05, 3.63) is 6.20 Å². The smallest absolute Gasteiger partial charge is 0.319 e. The molecular weight excluding hydrogens is 282 g/mol. The van der Waals surface area contributed by atoms with Gasteiger partial charge in [0, 0.05) is 6.42 Å². The minimum Gasteiger partial charge on any atom is -0.476 e. The lowest BCUT2D eigenvalue weighted by Gasteiger charge is -2.12. The molecule has 122 valence electrons. The second-order valence-corrected chi connectivity index (χ2v) is 5.47. The molecule has 0 unspecified atom stereocenters. The van der Waals surface area contributed by atoms with Crippen LogP contribution in [0.5, 0.6) is 11.9 Å². The maximum absolute atomic E-state index is 12.1. The summed E-state index contributed by atoms with van der Waals surface area (Å²) < 4.78 is 10.7. The zero-order chi connectivity index (χ0) is 15.8. The van der Waals surface area contributed by atoms with Gasteiger partial charge in [-0.25, -0.2) is 4.98 Å². The third-order valence-electron chi connectivity index (χ3n) is 3.81. The Morgan fingerprint density at radius 2 is 2.00 bits per heavy atom. The first-order chi connectivity index (χ1) is 10.7. The van der Waals surface area contributed by atoms with Gasteiger partial charge in [0.05, 0.1) is 19.4 Å². The normalized spacial score (nSPS) is 14.8. The van der Waals surface area contributed by atoms with Crippen LogP contribution in [0.25, 0.3) is 0 Å². The number of carbonyl (C=O) groups is 1. The van der Waals surface area contributed by atoms with Crippen LogP contribution in [-0.4, -0.2) is 29.1 Å². The molecule has 6 nitrogen and oxygen atoms in total. The van der Waals surface area contributed by atoms with Crippen LogP contribution in [0, 0.1) is 5.92 Å². The third-order valence-corrected chi connectivity index (χ3v) is 3.81. The molecule has 0 radical (unpaired) electrons. The first-order valence-electron chi connectivity index (χ1n) is 8.15. The summed E-state index contributed by atoms with van der Waals surface area (Å²) in [7, 11) is 0. The lowest BCUT2D eigenvalue weighted by molar-refractivity contribution is -0.116. The van der Waals surface area contributed by atoms with Gasteiger partial charge in [0.2, 0.25) is 11.8 Å². The second-order valence-electron chi connectivity index (χ2n) is 5.47. The predicted octanol–water partition coefficient (Wildman–Crippen LogP) is 3.18. The highest BCUT2D eigenvalue weighted by molar-refractivity contribution is 5.91. The van der Waals surface area contributed by atoms with Gasteiger partial charge in [0.15, 0.2) is 0 Å². The van der Waals surface area contributed by atoms with E-state index >= 15 is 0 Å². The Balaban J connectivity index is 1.93. The number of hydrogen-bond donors (Lipinski definition) is 1. The maximum atomic E-state index is 12.1. The highest BCUT2D eigenvalue weighted by Crippen LogP contribution is 2.29. The molecule has 1 saturated carbocycles. The van der Waals surface area contributed by atoms with E-state index in [0.29, 0.717) is 37.1 Å². The molecule has 0 atom stereocenters. The second kappa shape index (κ2) is 8.56. The predicted molar refractivity (Wildman–Crippen MR) is 84.2 cm³/mol. The van der Waals surface area contributed by atoms with Crippen molar-refractivity contribution in [1.82, 2.24) is 9.97 Å². The van der Waals surface area contributed by atoms with Crippen molar-refractivity contribution >= 4 is 11.6 Å². The topological polar surface area (TPSA) is 73.3 Å². The largest absolute Gasteiger partial charge is 0.476 e. The van der Waals surface area contributed by atoms with E-state index in [1.807, 2.05) is 13.8 Å². The van der Waals surface area contributed by atoms with E-state index in [4.69, 9.17) is 9.47 Å². The number of anilines is 1. The Labute approximate surface area is 131 Å². The summed E-state index contributed by atoms with van der Waals surface area (Å²) in [5.74, 6) is 1.05. The van der Waals surface area contributed by atoms with Crippen LogP contribution in [0.1, 0.15) is 52.4 Å². The molecule has 1 aliphatic rings. The summed E-state index contributed by atoms with van der Waals surface area (Å²) in [6, 6.07) is 0.259. The third kappa shape index (κ3) is 4.86. The number of aromatic nitrogens is 2. The van der Waals surface area contributed by atoms with Crippen molar-refractivity contribution in [3.63, 3.8) is 0 Å². The molecule has 0 spiro atoms. The minimum atomic E-state index is -0.0133. The minimum absolute atomic E-state index is 0.0133. The maximum Gasteiger partial charge on any atom is 0.319 e. The van der Waals surface area contributed by atoms with Crippen molar-refractivity contribution in [3.8, 4) is 11.9 Å². The van der Waals surface area contributed by atoms with Crippen LogP contribution in [0.3, 0.4) is 0 Å². The lowest BCUT2D eigenvalue weighted by atomic mass is 10.0. The van der Waals surface area contributed by atoms with Crippen LogP contribution in [0.2, 0.25) is 0 Å². The van der Waals surface area contributed by atoms with Crippen molar-refractivity contribution in [2.24, 2.45) is 5.92 Å². The van der Waals surface area contributed by atoms with E-state index in [0.717, 1.165) is 6.42 Å². The fourth-order valence-electron chi connectivity index (χ4n) is 2.73. The molecule has 1 aromatic heterocycles. The van der Waals surface area contributed by atoms with Gasteiger partial charge in [0.25, 0.3) is 0 Å². The van der Waals surface area contributed by atoms with E-state index in [1.54, 1.807) is 0 Å². The molecule has 0 bridgehead atoms. The van der Waals surface area contributed by atoms with Crippen LogP contribution in [0.4, 0.5) is 5.69 Å². The molecule has 1 fully saturated rings. The molecule has 0 aliphatic heterocycles. The SMILES string of the molecule is CCOc1ncc(NC(=O)CCC2CCCC2)c(OCC)n1. The van der Waals surface area contributed by atoms with E-state index in [1.165, 1.54) is 31.9 Å². The number of carbonyl (C=O) groups excluding carboxylic acids is 1. The highest BCUT2D eigenvalue weighted by Gasteiger charge is 2.17. The number of nitrogens with one attached hydrogen (secondary N) is 1. The average Bonchev–Trinajstić information content (AvgIpc) is 3.02. The number of ether oxygens (including phenoxy) is 2. The summed E-state index contributed by atoms with van der Waals surface area (Å²) in [6.45, 7) is 4.68. The van der Waals surface area contributed by atoms with Gasteiger partial charge >= 0.3 is 6.01 Å². The standard InChI is InChI=1S/C16H25N3O3/c1-3-21-15-13(11-17-16(19-15)22-4-2)18-14(20)10-9-12-7-5-6-8-12/h11-12H,3-10H2,1-2H3,(H,18,20). The lowest BCUT2D eigenvalue weighted by Crippen LogP contribution is -2.15. The summed E-state index contributed by atoms with van der Waals surface area (Å²) >= 11 is 0. The molecular formula is C16H25N3O3. The number of rotatable bonds is 8. The molecule has 0 aromatic carbocycles. The fraction of sp³-hybridized carbons (Fsp3) is 0.688. The van der Waals surface area contributed by atoms with E-state index in [9.17, 15) is 4.79 Å². The highest BCUT2D eigenvalue weighted by atomic mass is 16.5. The summed E-state index contributed by atoms with van der Waals surface area (Å²) in [5, 5.41) is 2.84. The molecule has 1 N–H and O–H groups in total. The van der Waals surface area contributed by atoms with Gasteiger partial charge in [-0.2, -0.15) is 4.98 Å². The van der Waals surface area contributed by atoms with Crippen molar-refractivity contribution in [2.45, 2.75) is 52.4 Å². The quantitative estimate of drug-likeness (QED) is 0.798. The number of nitrogens with zero attached hydrogens (tertiary/aromatic N) is 2. The Hall–Kier alpha value is -1.85. The summed E-state index contributed by atoms with van der Waals surface area (Å²) in [6.07, 6.45) is 8.13. The molecule has 1 amide bonds. The van der Waals surface area contributed by atoms with Gasteiger partial charge < -0.3 is 14.8 Å². The monoisotopic (exact) mass is 307 g/mol. The molecule has 1 aromatic rings. The molecule has 1 aliphatic carbocycles. The molecule has 6 heteroatoms. The van der Waals surface area contributed by atoms with E-state index in [2.05, 4.69) is 15.3 Å². The Morgan fingerprint density at radius 3 is 2.68 bits per heavy atom. The molecule has 0 saturated heterocycles. The van der Waals surface area contributed by atoms with Gasteiger partial charge in [-0.15, -0.1) is 0 Å². The number of amides is 1. The molecule has 22 heavy (non-hydrogen) atoms. The molecule has 2 rings (SSSR count). The fourth-order valence-corrected chi connectivity index (χ4v) is 2.73. The van der Waals surface area contributed by atoms with Gasteiger partial charge in [-0.05, 0) is 26.2 Å².